The lowest BCUT2D eigenvalue weighted by Gasteiger charge is -2.25. The van der Waals surface area contributed by atoms with Crippen LogP contribution in [0.25, 0.3) is 0 Å². The van der Waals surface area contributed by atoms with Crippen molar-refractivity contribution in [3.8, 4) is 0 Å². The van der Waals surface area contributed by atoms with Crippen LogP contribution in [0.1, 0.15) is 62.3 Å². The summed E-state index contributed by atoms with van der Waals surface area (Å²) in [6, 6.07) is 3.01. The number of sulfone groups is 1. The molecule has 10 nitrogen and oxygen atoms in total. The molecule has 0 bridgehead atoms. The molecule has 0 N–H and O–H groups in total. The van der Waals surface area contributed by atoms with Gasteiger partial charge in [0.1, 0.15) is 23.8 Å². The van der Waals surface area contributed by atoms with Gasteiger partial charge < -0.3 is 23.5 Å². The normalized spacial score (nSPS) is 20.7. The van der Waals surface area contributed by atoms with E-state index in [1.807, 2.05) is 11.5 Å². The van der Waals surface area contributed by atoms with Crippen molar-refractivity contribution in [2.45, 2.75) is 62.0 Å². The lowest BCUT2D eigenvalue weighted by Crippen LogP contribution is -2.31. The maximum atomic E-state index is 13.5. The first-order valence-corrected chi connectivity index (χ1v) is 13.2. The first kappa shape index (κ1) is 27.0. The molecule has 190 valence electrons. The SMILES string of the molecule is COCC(COC)n1c(CS(=O)(=O)[C@@H](C)[C@H](OC)c2ccc(Cl)cn2)nnc1[C@@H]1CC[C@H](C)O1. The van der Waals surface area contributed by atoms with E-state index < -0.39 is 21.2 Å². The van der Waals surface area contributed by atoms with Gasteiger partial charge in [-0.3, -0.25) is 4.98 Å². The van der Waals surface area contributed by atoms with E-state index >= 15 is 0 Å². The molecule has 3 rings (SSSR count). The van der Waals surface area contributed by atoms with Crippen molar-refractivity contribution in [3.05, 3.63) is 40.7 Å². The lowest BCUT2D eigenvalue weighted by molar-refractivity contribution is 0.0399. The highest BCUT2D eigenvalue weighted by molar-refractivity contribution is 7.91. The number of halogens is 1. The van der Waals surface area contributed by atoms with Gasteiger partial charge in [-0.05, 0) is 38.8 Å². The van der Waals surface area contributed by atoms with Gasteiger partial charge in [0.2, 0.25) is 0 Å². The third-order valence-electron chi connectivity index (χ3n) is 6.01. The zero-order valence-corrected chi connectivity index (χ0v) is 21.8. The zero-order chi connectivity index (χ0) is 24.9. The Balaban J connectivity index is 1.94. The fourth-order valence-corrected chi connectivity index (χ4v) is 5.79. The maximum Gasteiger partial charge on any atom is 0.163 e. The van der Waals surface area contributed by atoms with E-state index in [-0.39, 0.29) is 24.0 Å². The molecule has 0 aromatic carbocycles. The fraction of sp³-hybridized carbons (Fsp3) is 0.682. The number of pyridine rings is 1. The van der Waals surface area contributed by atoms with Crippen LogP contribution in [0.2, 0.25) is 5.02 Å². The Kier molecular flexibility index (Phi) is 9.41. The first-order chi connectivity index (χ1) is 16.2. The van der Waals surface area contributed by atoms with Crippen LogP contribution in [0, 0.1) is 0 Å². The van der Waals surface area contributed by atoms with E-state index in [1.165, 1.54) is 13.3 Å². The Morgan fingerprint density at radius 3 is 2.41 bits per heavy atom. The number of ether oxygens (including phenoxy) is 4. The Morgan fingerprint density at radius 1 is 1.18 bits per heavy atom. The second-order valence-corrected chi connectivity index (χ2v) is 11.3. The van der Waals surface area contributed by atoms with Crippen LogP contribution in [-0.2, 0) is 34.5 Å². The highest BCUT2D eigenvalue weighted by Gasteiger charge is 2.36. The molecule has 1 aliphatic rings. The van der Waals surface area contributed by atoms with Crippen molar-refractivity contribution < 1.29 is 27.4 Å². The summed E-state index contributed by atoms with van der Waals surface area (Å²) >= 11 is 5.93. The monoisotopic (exact) mass is 516 g/mol. The molecule has 0 aliphatic carbocycles. The molecule has 2 aromatic heterocycles. The quantitative estimate of drug-likeness (QED) is 0.419. The van der Waals surface area contributed by atoms with E-state index in [2.05, 4.69) is 15.2 Å². The predicted octanol–water partition coefficient (Wildman–Crippen LogP) is 3.09. The summed E-state index contributed by atoms with van der Waals surface area (Å²) in [7, 11) is 0.894. The Hall–Kier alpha value is -1.63. The Labute approximate surface area is 205 Å². The molecule has 1 saturated heterocycles. The molecule has 1 aliphatic heterocycles. The summed E-state index contributed by atoms with van der Waals surface area (Å²) in [6.45, 7) is 4.22. The smallest absolute Gasteiger partial charge is 0.163 e. The summed E-state index contributed by atoms with van der Waals surface area (Å²) in [5.41, 5.74) is 0.482. The molecule has 4 atom stereocenters. The van der Waals surface area contributed by atoms with Crippen LogP contribution >= 0.6 is 11.6 Å². The van der Waals surface area contributed by atoms with Gasteiger partial charge in [-0.2, -0.15) is 0 Å². The minimum Gasteiger partial charge on any atom is -0.382 e. The number of aromatic nitrogens is 4. The molecule has 0 amide bonds. The van der Waals surface area contributed by atoms with Crippen molar-refractivity contribution >= 4 is 21.4 Å². The average Bonchev–Trinajstić information content (AvgIpc) is 3.41. The van der Waals surface area contributed by atoms with Gasteiger partial charge in [-0.1, -0.05) is 11.6 Å². The van der Waals surface area contributed by atoms with Crippen molar-refractivity contribution in [1.29, 1.82) is 0 Å². The molecule has 0 saturated carbocycles. The fourth-order valence-electron chi connectivity index (χ4n) is 4.24. The van der Waals surface area contributed by atoms with E-state index in [9.17, 15) is 8.42 Å². The molecule has 0 radical (unpaired) electrons. The summed E-state index contributed by atoms with van der Waals surface area (Å²) in [4.78, 5) is 4.24. The summed E-state index contributed by atoms with van der Waals surface area (Å²) in [6.07, 6.45) is 2.20. The van der Waals surface area contributed by atoms with Gasteiger partial charge in [0, 0.05) is 27.5 Å². The van der Waals surface area contributed by atoms with Gasteiger partial charge in [0.25, 0.3) is 0 Å². The third kappa shape index (κ3) is 6.13. The second kappa shape index (κ2) is 11.9. The van der Waals surface area contributed by atoms with E-state index in [0.29, 0.717) is 35.6 Å². The van der Waals surface area contributed by atoms with Crippen molar-refractivity contribution in [2.24, 2.45) is 0 Å². The topological polar surface area (TPSA) is 115 Å². The first-order valence-electron chi connectivity index (χ1n) is 11.1. The zero-order valence-electron chi connectivity index (χ0n) is 20.2. The number of rotatable bonds is 12. The van der Waals surface area contributed by atoms with Crippen molar-refractivity contribution in [3.63, 3.8) is 0 Å². The van der Waals surface area contributed by atoms with Crippen molar-refractivity contribution in [1.82, 2.24) is 19.7 Å². The van der Waals surface area contributed by atoms with E-state index in [1.54, 1.807) is 33.3 Å². The van der Waals surface area contributed by atoms with Gasteiger partial charge >= 0.3 is 0 Å². The van der Waals surface area contributed by atoms with E-state index in [0.717, 1.165) is 12.8 Å². The van der Waals surface area contributed by atoms with E-state index in [4.69, 9.17) is 30.5 Å². The number of methoxy groups -OCH3 is 3. The lowest BCUT2D eigenvalue weighted by atomic mass is 10.2. The molecule has 0 spiro atoms. The molecule has 3 heterocycles. The minimum absolute atomic E-state index is 0.0972. The molecule has 2 aromatic rings. The summed E-state index contributed by atoms with van der Waals surface area (Å²) < 4.78 is 51.1. The van der Waals surface area contributed by atoms with Crippen LogP contribution in [0.5, 0.6) is 0 Å². The third-order valence-corrected chi connectivity index (χ3v) is 8.28. The summed E-state index contributed by atoms with van der Waals surface area (Å²) in [5.74, 6) is 0.563. The second-order valence-electron chi connectivity index (χ2n) is 8.49. The van der Waals surface area contributed by atoms with Crippen molar-refractivity contribution in [2.75, 3.05) is 34.5 Å². The van der Waals surface area contributed by atoms with Gasteiger partial charge in [-0.15, -0.1) is 10.2 Å². The molecule has 0 unspecified atom stereocenters. The van der Waals surface area contributed by atoms with Gasteiger partial charge in [-0.25, -0.2) is 8.42 Å². The van der Waals surface area contributed by atoms with Gasteiger partial charge in [0.05, 0.1) is 41.3 Å². The highest BCUT2D eigenvalue weighted by atomic mass is 35.5. The molecule has 1 fully saturated rings. The van der Waals surface area contributed by atoms with Crippen LogP contribution in [0.15, 0.2) is 18.3 Å². The van der Waals surface area contributed by atoms with Crippen LogP contribution in [0.3, 0.4) is 0 Å². The molecule has 12 heteroatoms. The average molecular weight is 517 g/mol. The van der Waals surface area contributed by atoms with Crippen LogP contribution in [0.4, 0.5) is 0 Å². The number of hydrogen-bond acceptors (Lipinski definition) is 9. The Morgan fingerprint density at radius 2 is 1.88 bits per heavy atom. The van der Waals surface area contributed by atoms with Gasteiger partial charge in [0.15, 0.2) is 15.7 Å². The van der Waals surface area contributed by atoms with Crippen LogP contribution in [-0.4, -0.2) is 74.1 Å². The standard InChI is InChI=1S/C22H33ClN4O6S/c1-14-6-9-19(33-14)22-26-25-20(27(22)17(11-30-3)12-31-4)13-34(28,29)15(2)21(32-5)18-8-7-16(23)10-24-18/h7-8,10,14-15,17,19,21H,6,9,11-13H2,1-5H3/t14-,15-,19-,21-/m0/s1. The predicted molar refractivity (Wildman–Crippen MR) is 126 cm³/mol. The number of nitrogens with zero attached hydrogens (tertiary/aromatic N) is 4. The summed E-state index contributed by atoms with van der Waals surface area (Å²) in [5, 5.41) is 8.19. The maximum absolute atomic E-state index is 13.5. The molecule has 34 heavy (non-hydrogen) atoms. The molecular formula is C22H33ClN4O6S. The number of hydrogen-bond donors (Lipinski definition) is 0. The Bertz CT molecular complexity index is 1030. The van der Waals surface area contributed by atoms with Crippen LogP contribution < -0.4 is 0 Å². The largest absolute Gasteiger partial charge is 0.382 e. The highest BCUT2D eigenvalue weighted by Crippen LogP contribution is 2.34. The molecular weight excluding hydrogens is 484 g/mol. The minimum atomic E-state index is -3.73.